The van der Waals surface area contributed by atoms with Crippen molar-refractivity contribution in [2.75, 3.05) is 13.1 Å². The molecule has 0 atom stereocenters. The molecule has 1 heterocycles. The fourth-order valence-corrected chi connectivity index (χ4v) is 3.19. The Morgan fingerprint density at radius 1 is 1.00 bits per heavy atom. The van der Waals surface area contributed by atoms with Crippen molar-refractivity contribution < 1.29 is 19.8 Å². The molecule has 0 aliphatic carbocycles. The molecule has 2 aromatic carbocycles. The van der Waals surface area contributed by atoms with E-state index in [-0.39, 0.29) is 34.9 Å². The largest absolute Gasteiger partial charge is 0.508 e. The van der Waals surface area contributed by atoms with Gasteiger partial charge in [-0.15, -0.1) is 0 Å². The molecule has 6 nitrogen and oxygen atoms in total. The summed E-state index contributed by atoms with van der Waals surface area (Å²) >= 11 is 0. The number of likely N-dealkylation sites (tertiary alicyclic amines) is 1. The lowest BCUT2D eigenvalue weighted by atomic mass is 10.0. The predicted molar refractivity (Wildman–Crippen MR) is 97.0 cm³/mol. The van der Waals surface area contributed by atoms with E-state index in [9.17, 15) is 19.8 Å². The zero-order valence-electron chi connectivity index (χ0n) is 14.4. The van der Waals surface area contributed by atoms with E-state index in [0.717, 1.165) is 5.56 Å². The third-order valence-electron chi connectivity index (χ3n) is 4.50. The number of nitrogens with zero attached hydrogens (tertiary/aromatic N) is 1. The first-order valence-corrected chi connectivity index (χ1v) is 8.67. The number of carbonyl (C=O) groups is 2. The van der Waals surface area contributed by atoms with Crippen LogP contribution < -0.4 is 5.32 Å². The molecule has 3 N–H and O–H groups in total. The molecule has 0 spiro atoms. The highest BCUT2D eigenvalue weighted by molar-refractivity contribution is 5.95. The van der Waals surface area contributed by atoms with Crippen LogP contribution in [0.1, 0.15) is 28.8 Å². The van der Waals surface area contributed by atoms with Crippen molar-refractivity contribution in [1.82, 2.24) is 10.2 Å². The molecule has 1 aliphatic heterocycles. The summed E-state index contributed by atoms with van der Waals surface area (Å²) in [5, 5.41) is 22.1. The third kappa shape index (κ3) is 4.53. The average molecular weight is 354 g/mol. The van der Waals surface area contributed by atoms with Crippen molar-refractivity contribution in [3.8, 4) is 11.5 Å². The van der Waals surface area contributed by atoms with Crippen LogP contribution in [0.5, 0.6) is 11.5 Å². The van der Waals surface area contributed by atoms with E-state index in [2.05, 4.69) is 5.32 Å². The molecule has 136 valence electrons. The van der Waals surface area contributed by atoms with Gasteiger partial charge in [-0.3, -0.25) is 9.59 Å². The molecular weight excluding hydrogens is 332 g/mol. The number of benzene rings is 2. The maximum absolute atomic E-state index is 12.5. The number of hydrogen-bond donors (Lipinski definition) is 3. The van der Waals surface area contributed by atoms with Crippen molar-refractivity contribution in [2.45, 2.75) is 25.3 Å². The zero-order chi connectivity index (χ0) is 18.5. The molecule has 0 bridgehead atoms. The maximum atomic E-state index is 12.5. The molecule has 6 heteroatoms. The smallest absolute Gasteiger partial charge is 0.254 e. The summed E-state index contributed by atoms with van der Waals surface area (Å²) in [6.07, 6.45) is 1.71. The number of carbonyl (C=O) groups excluding carboxylic acids is 2. The second-order valence-electron chi connectivity index (χ2n) is 6.53. The average Bonchev–Trinajstić information content (AvgIpc) is 2.61. The Hall–Kier alpha value is -3.02. The summed E-state index contributed by atoms with van der Waals surface area (Å²) in [5.74, 6) is -0.531. The number of rotatable bonds is 4. The van der Waals surface area contributed by atoms with Gasteiger partial charge in [-0.1, -0.05) is 30.3 Å². The molecule has 2 amide bonds. The van der Waals surface area contributed by atoms with Gasteiger partial charge >= 0.3 is 0 Å². The van der Waals surface area contributed by atoms with Crippen LogP contribution in [0.4, 0.5) is 0 Å². The summed E-state index contributed by atoms with van der Waals surface area (Å²) < 4.78 is 0. The van der Waals surface area contributed by atoms with Crippen LogP contribution in [-0.2, 0) is 11.2 Å². The Bertz CT molecular complexity index is 763. The van der Waals surface area contributed by atoms with Crippen LogP contribution in [0.25, 0.3) is 0 Å². The van der Waals surface area contributed by atoms with E-state index in [1.165, 1.54) is 18.2 Å². The van der Waals surface area contributed by atoms with E-state index < -0.39 is 0 Å². The van der Waals surface area contributed by atoms with Gasteiger partial charge in [-0.25, -0.2) is 0 Å². The number of nitrogens with one attached hydrogen (secondary N) is 1. The van der Waals surface area contributed by atoms with Crippen molar-refractivity contribution >= 4 is 11.8 Å². The Kier molecular flexibility index (Phi) is 5.41. The van der Waals surface area contributed by atoms with Crippen LogP contribution in [0.2, 0.25) is 0 Å². The number of phenols is 2. The summed E-state index contributed by atoms with van der Waals surface area (Å²) in [4.78, 5) is 26.3. The van der Waals surface area contributed by atoms with Gasteiger partial charge in [0.05, 0.1) is 6.42 Å². The second-order valence-corrected chi connectivity index (χ2v) is 6.53. The second kappa shape index (κ2) is 7.91. The topological polar surface area (TPSA) is 89.9 Å². The number of hydrogen-bond acceptors (Lipinski definition) is 4. The fourth-order valence-electron chi connectivity index (χ4n) is 3.19. The van der Waals surface area contributed by atoms with Gasteiger partial charge in [-0.2, -0.15) is 0 Å². The van der Waals surface area contributed by atoms with Crippen molar-refractivity contribution in [3.05, 3.63) is 59.7 Å². The molecule has 2 aromatic rings. The van der Waals surface area contributed by atoms with Gasteiger partial charge < -0.3 is 20.4 Å². The number of piperidine rings is 1. The molecule has 1 aliphatic rings. The molecule has 0 saturated carbocycles. The highest BCUT2D eigenvalue weighted by Crippen LogP contribution is 2.22. The standard InChI is InChI=1S/C20H22N2O4/c23-17-11-15(12-18(24)13-17)20(26)22-8-6-16(7-9-22)21-19(25)10-14-4-2-1-3-5-14/h1-5,11-13,16,23-24H,6-10H2,(H,21,25). The minimum Gasteiger partial charge on any atom is -0.508 e. The molecule has 26 heavy (non-hydrogen) atoms. The van der Waals surface area contributed by atoms with Gasteiger partial charge in [0.25, 0.3) is 5.91 Å². The molecule has 1 fully saturated rings. The van der Waals surface area contributed by atoms with E-state index in [1.807, 2.05) is 30.3 Å². The maximum Gasteiger partial charge on any atom is 0.254 e. The van der Waals surface area contributed by atoms with Gasteiger partial charge in [0.1, 0.15) is 11.5 Å². The third-order valence-corrected chi connectivity index (χ3v) is 4.50. The van der Waals surface area contributed by atoms with Crippen molar-refractivity contribution in [1.29, 1.82) is 0 Å². The lowest BCUT2D eigenvalue weighted by Gasteiger charge is -2.32. The molecule has 0 radical (unpaired) electrons. The van der Waals surface area contributed by atoms with E-state index in [1.54, 1.807) is 4.90 Å². The SMILES string of the molecule is O=C(Cc1ccccc1)NC1CCN(C(=O)c2cc(O)cc(O)c2)CC1. The lowest BCUT2D eigenvalue weighted by Crippen LogP contribution is -2.46. The Morgan fingerprint density at radius 3 is 2.23 bits per heavy atom. The molecule has 0 unspecified atom stereocenters. The summed E-state index contributed by atoms with van der Waals surface area (Å²) in [6, 6.07) is 13.5. The highest BCUT2D eigenvalue weighted by atomic mass is 16.3. The molecule has 3 rings (SSSR count). The van der Waals surface area contributed by atoms with Gasteiger partial charge in [-0.05, 0) is 30.5 Å². The van der Waals surface area contributed by atoms with Gasteiger partial charge in [0, 0.05) is 30.8 Å². The molecular formula is C20H22N2O4. The van der Waals surface area contributed by atoms with E-state index in [0.29, 0.717) is 32.4 Å². The predicted octanol–water partition coefficient (Wildman–Crippen LogP) is 2.06. The summed E-state index contributed by atoms with van der Waals surface area (Å²) in [6.45, 7) is 1.04. The molecule has 0 aromatic heterocycles. The first kappa shape index (κ1) is 17.8. The minimum atomic E-state index is -0.231. The van der Waals surface area contributed by atoms with Crippen LogP contribution in [-0.4, -0.2) is 46.1 Å². The van der Waals surface area contributed by atoms with Gasteiger partial charge in [0.15, 0.2) is 0 Å². The monoisotopic (exact) mass is 354 g/mol. The lowest BCUT2D eigenvalue weighted by molar-refractivity contribution is -0.121. The number of aromatic hydroxyl groups is 2. The van der Waals surface area contributed by atoms with Crippen LogP contribution in [0, 0.1) is 0 Å². The fraction of sp³-hybridized carbons (Fsp3) is 0.300. The van der Waals surface area contributed by atoms with Crippen LogP contribution >= 0.6 is 0 Å². The Morgan fingerprint density at radius 2 is 1.62 bits per heavy atom. The van der Waals surface area contributed by atoms with Crippen LogP contribution in [0.15, 0.2) is 48.5 Å². The van der Waals surface area contributed by atoms with Crippen LogP contribution in [0.3, 0.4) is 0 Å². The summed E-state index contributed by atoms with van der Waals surface area (Å²) in [5.41, 5.74) is 1.23. The number of phenolic OH excluding ortho intramolecular Hbond substituents is 2. The quantitative estimate of drug-likeness (QED) is 0.784. The van der Waals surface area contributed by atoms with Crippen molar-refractivity contribution in [2.24, 2.45) is 0 Å². The van der Waals surface area contributed by atoms with Crippen molar-refractivity contribution in [3.63, 3.8) is 0 Å². The first-order valence-electron chi connectivity index (χ1n) is 8.67. The normalized spacial score (nSPS) is 14.8. The summed E-state index contributed by atoms with van der Waals surface area (Å²) in [7, 11) is 0. The molecule has 1 saturated heterocycles. The Labute approximate surface area is 152 Å². The highest BCUT2D eigenvalue weighted by Gasteiger charge is 2.25. The van der Waals surface area contributed by atoms with E-state index in [4.69, 9.17) is 0 Å². The zero-order valence-corrected chi connectivity index (χ0v) is 14.4. The first-order chi connectivity index (χ1) is 12.5. The minimum absolute atomic E-state index is 0.0149. The number of amides is 2. The Balaban J connectivity index is 1.51. The van der Waals surface area contributed by atoms with E-state index >= 15 is 0 Å². The van der Waals surface area contributed by atoms with Gasteiger partial charge in [0.2, 0.25) is 5.91 Å².